The van der Waals surface area contributed by atoms with Crippen molar-refractivity contribution in [3.8, 4) is 11.7 Å². The van der Waals surface area contributed by atoms with Crippen LogP contribution in [0.25, 0.3) is 5.82 Å². The number of rotatable bonds is 6. The third-order valence-corrected chi connectivity index (χ3v) is 3.09. The molecule has 0 saturated heterocycles. The Labute approximate surface area is 119 Å². The van der Waals surface area contributed by atoms with Crippen LogP contribution in [0.15, 0.2) is 18.2 Å². The first-order valence-corrected chi connectivity index (χ1v) is 7.17. The van der Waals surface area contributed by atoms with Gasteiger partial charge < -0.3 is 10.5 Å². The summed E-state index contributed by atoms with van der Waals surface area (Å²) in [6.07, 6.45) is 2.74. The van der Waals surface area contributed by atoms with Gasteiger partial charge in [0.05, 0.1) is 18.0 Å². The van der Waals surface area contributed by atoms with Crippen molar-refractivity contribution in [1.82, 2.24) is 14.8 Å². The van der Waals surface area contributed by atoms with Gasteiger partial charge in [-0.2, -0.15) is 10.1 Å². The Morgan fingerprint density at radius 3 is 2.65 bits per heavy atom. The molecule has 5 heteroatoms. The van der Waals surface area contributed by atoms with Crippen molar-refractivity contribution in [1.29, 1.82) is 0 Å². The Morgan fingerprint density at radius 2 is 2.00 bits per heavy atom. The van der Waals surface area contributed by atoms with Crippen molar-refractivity contribution in [2.45, 2.75) is 40.0 Å². The molecular formula is C15H22N4O. The fourth-order valence-electron chi connectivity index (χ4n) is 1.97. The monoisotopic (exact) mass is 274 g/mol. The van der Waals surface area contributed by atoms with E-state index in [4.69, 9.17) is 10.5 Å². The molecule has 0 aromatic carbocycles. The molecule has 0 fully saturated rings. The Morgan fingerprint density at radius 1 is 1.20 bits per heavy atom. The second-order valence-corrected chi connectivity index (χ2v) is 4.66. The lowest BCUT2D eigenvalue weighted by Gasteiger charge is -2.10. The van der Waals surface area contributed by atoms with Crippen LogP contribution in [0.5, 0.6) is 5.88 Å². The fraction of sp³-hybridized carbons (Fsp3) is 0.467. The second kappa shape index (κ2) is 6.41. The number of pyridine rings is 1. The SMILES string of the molecule is CCCOc1nc(-n2nc(CC)cc2CC)ccc1N. The maximum absolute atomic E-state index is 5.89. The molecule has 0 amide bonds. The normalized spacial score (nSPS) is 10.8. The molecule has 0 atom stereocenters. The molecule has 0 bridgehead atoms. The van der Waals surface area contributed by atoms with Gasteiger partial charge in [0.1, 0.15) is 0 Å². The maximum Gasteiger partial charge on any atom is 0.239 e. The van der Waals surface area contributed by atoms with E-state index in [-0.39, 0.29) is 0 Å². The predicted molar refractivity (Wildman–Crippen MR) is 80.3 cm³/mol. The summed E-state index contributed by atoms with van der Waals surface area (Å²) in [6, 6.07) is 5.81. The van der Waals surface area contributed by atoms with E-state index >= 15 is 0 Å². The number of anilines is 1. The van der Waals surface area contributed by atoms with Gasteiger partial charge in [-0.25, -0.2) is 4.68 Å². The third-order valence-electron chi connectivity index (χ3n) is 3.09. The number of hydrogen-bond acceptors (Lipinski definition) is 4. The highest BCUT2D eigenvalue weighted by Crippen LogP contribution is 2.21. The minimum Gasteiger partial charge on any atom is -0.476 e. The van der Waals surface area contributed by atoms with Crippen LogP contribution in [0, 0.1) is 0 Å². The molecule has 20 heavy (non-hydrogen) atoms. The molecule has 2 rings (SSSR count). The van der Waals surface area contributed by atoms with Gasteiger partial charge in [-0.3, -0.25) is 0 Å². The molecule has 0 radical (unpaired) electrons. The maximum atomic E-state index is 5.89. The third kappa shape index (κ3) is 2.92. The van der Waals surface area contributed by atoms with Crippen molar-refractivity contribution < 1.29 is 4.74 Å². The summed E-state index contributed by atoms with van der Waals surface area (Å²) >= 11 is 0. The van der Waals surface area contributed by atoms with E-state index < -0.39 is 0 Å². The van der Waals surface area contributed by atoms with Crippen LogP contribution in [0.2, 0.25) is 0 Å². The first-order chi connectivity index (χ1) is 9.69. The second-order valence-electron chi connectivity index (χ2n) is 4.66. The van der Waals surface area contributed by atoms with E-state index in [1.54, 1.807) is 0 Å². The van der Waals surface area contributed by atoms with Crippen molar-refractivity contribution in [3.05, 3.63) is 29.6 Å². The molecule has 0 aliphatic rings. The minimum atomic E-state index is 0.486. The molecule has 2 aromatic heterocycles. The van der Waals surface area contributed by atoms with Crippen LogP contribution in [-0.2, 0) is 12.8 Å². The van der Waals surface area contributed by atoms with E-state index in [0.717, 1.165) is 36.5 Å². The van der Waals surface area contributed by atoms with Gasteiger partial charge in [0.25, 0.3) is 0 Å². The molecule has 0 unspecified atom stereocenters. The summed E-state index contributed by atoms with van der Waals surface area (Å²) in [5, 5.41) is 4.58. The average Bonchev–Trinajstić information content (AvgIpc) is 2.90. The van der Waals surface area contributed by atoms with Crippen LogP contribution in [-0.4, -0.2) is 21.4 Å². The summed E-state index contributed by atoms with van der Waals surface area (Å²) in [7, 11) is 0. The summed E-state index contributed by atoms with van der Waals surface area (Å²) in [5.74, 6) is 1.24. The van der Waals surface area contributed by atoms with Gasteiger partial charge in [0.15, 0.2) is 5.82 Å². The van der Waals surface area contributed by atoms with Crippen LogP contribution in [0.3, 0.4) is 0 Å². The van der Waals surface area contributed by atoms with Crippen LogP contribution >= 0.6 is 0 Å². The molecule has 0 spiro atoms. The molecular weight excluding hydrogens is 252 g/mol. The van der Waals surface area contributed by atoms with E-state index in [1.807, 2.05) is 16.8 Å². The largest absolute Gasteiger partial charge is 0.476 e. The van der Waals surface area contributed by atoms with E-state index in [2.05, 4.69) is 36.9 Å². The Bertz CT molecular complexity index is 577. The molecule has 2 aromatic rings. The molecule has 108 valence electrons. The number of ether oxygens (including phenoxy) is 1. The zero-order chi connectivity index (χ0) is 14.5. The highest BCUT2D eigenvalue weighted by molar-refractivity contribution is 5.50. The molecule has 2 heterocycles. The van der Waals surface area contributed by atoms with Crippen LogP contribution in [0.4, 0.5) is 5.69 Å². The number of aryl methyl sites for hydroxylation is 2. The first kappa shape index (κ1) is 14.4. The lowest BCUT2D eigenvalue weighted by Crippen LogP contribution is -2.07. The van der Waals surface area contributed by atoms with Gasteiger partial charge in [0.2, 0.25) is 5.88 Å². The molecule has 0 aliphatic carbocycles. The zero-order valence-corrected chi connectivity index (χ0v) is 12.4. The van der Waals surface area contributed by atoms with Gasteiger partial charge in [-0.15, -0.1) is 0 Å². The number of nitrogens with zero attached hydrogens (tertiary/aromatic N) is 3. The van der Waals surface area contributed by atoms with Crippen molar-refractivity contribution in [2.75, 3.05) is 12.3 Å². The summed E-state index contributed by atoms with van der Waals surface area (Å²) in [6.45, 7) is 6.87. The predicted octanol–water partition coefficient (Wildman–Crippen LogP) is 2.76. The lowest BCUT2D eigenvalue weighted by molar-refractivity contribution is 0.306. The topological polar surface area (TPSA) is 66.0 Å². The minimum absolute atomic E-state index is 0.486. The van der Waals surface area contributed by atoms with E-state index in [1.165, 1.54) is 0 Å². The molecule has 5 nitrogen and oxygen atoms in total. The number of nitrogen functional groups attached to an aromatic ring is 1. The number of hydrogen-bond donors (Lipinski definition) is 1. The van der Waals surface area contributed by atoms with Crippen molar-refractivity contribution in [2.24, 2.45) is 0 Å². The van der Waals surface area contributed by atoms with Crippen molar-refractivity contribution >= 4 is 5.69 Å². The highest BCUT2D eigenvalue weighted by atomic mass is 16.5. The Balaban J connectivity index is 2.39. The molecule has 2 N–H and O–H groups in total. The van der Waals surface area contributed by atoms with Crippen LogP contribution in [0.1, 0.15) is 38.6 Å². The van der Waals surface area contributed by atoms with Gasteiger partial charge in [-0.1, -0.05) is 20.8 Å². The summed E-state index contributed by atoms with van der Waals surface area (Å²) < 4.78 is 7.45. The Kier molecular flexibility index (Phi) is 4.61. The van der Waals surface area contributed by atoms with Gasteiger partial charge >= 0.3 is 0 Å². The number of nitrogens with two attached hydrogens (primary N) is 1. The standard InChI is InChI=1S/C15H22N4O/c1-4-9-20-15-13(16)7-8-14(17-15)19-12(6-3)10-11(5-2)18-19/h7-8,10H,4-6,9,16H2,1-3H3. The fourth-order valence-corrected chi connectivity index (χ4v) is 1.97. The van der Waals surface area contributed by atoms with Gasteiger partial charge in [-0.05, 0) is 37.5 Å². The lowest BCUT2D eigenvalue weighted by atomic mass is 10.2. The molecule has 0 saturated carbocycles. The quantitative estimate of drug-likeness (QED) is 0.879. The van der Waals surface area contributed by atoms with Crippen molar-refractivity contribution in [3.63, 3.8) is 0 Å². The first-order valence-electron chi connectivity index (χ1n) is 7.17. The molecule has 0 aliphatic heterocycles. The van der Waals surface area contributed by atoms with Gasteiger partial charge in [0, 0.05) is 5.69 Å². The Hall–Kier alpha value is -2.04. The summed E-state index contributed by atoms with van der Waals surface area (Å²) in [5.41, 5.74) is 8.66. The zero-order valence-electron chi connectivity index (χ0n) is 12.4. The summed E-state index contributed by atoms with van der Waals surface area (Å²) in [4.78, 5) is 4.49. The van der Waals surface area contributed by atoms with E-state index in [9.17, 15) is 0 Å². The smallest absolute Gasteiger partial charge is 0.239 e. The van der Waals surface area contributed by atoms with Crippen LogP contribution < -0.4 is 10.5 Å². The highest BCUT2D eigenvalue weighted by Gasteiger charge is 2.11. The average molecular weight is 274 g/mol. The van der Waals surface area contributed by atoms with E-state index in [0.29, 0.717) is 18.2 Å². The number of aromatic nitrogens is 3.